The molecule has 136 valence electrons. The number of esters is 1. The quantitative estimate of drug-likeness (QED) is 0.657. The van der Waals surface area contributed by atoms with Gasteiger partial charge in [-0.25, -0.2) is 9.59 Å². The summed E-state index contributed by atoms with van der Waals surface area (Å²) < 4.78 is 10.3. The number of imide groups is 1. The number of ether oxygens (including phenoxy) is 1. The molecule has 1 fully saturated rings. The van der Waals surface area contributed by atoms with Crippen LogP contribution >= 0.6 is 0 Å². The van der Waals surface area contributed by atoms with Crippen LogP contribution < -0.4 is 5.32 Å². The summed E-state index contributed by atoms with van der Waals surface area (Å²) in [7, 11) is 0. The Bertz CT molecular complexity index is 855. The fraction of sp³-hybridized carbons (Fsp3) is 0.316. The molecule has 3 rings (SSSR count). The molecule has 7 nitrogen and oxygen atoms in total. The van der Waals surface area contributed by atoms with Crippen molar-refractivity contribution < 1.29 is 23.5 Å². The van der Waals surface area contributed by atoms with Crippen molar-refractivity contribution in [2.45, 2.75) is 32.9 Å². The minimum Gasteiger partial charge on any atom is -0.467 e. The van der Waals surface area contributed by atoms with Crippen molar-refractivity contribution in [3.05, 3.63) is 59.0 Å². The van der Waals surface area contributed by atoms with E-state index in [9.17, 15) is 14.4 Å². The lowest BCUT2D eigenvalue weighted by atomic mass is 9.91. The van der Waals surface area contributed by atoms with Gasteiger partial charge < -0.3 is 14.5 Å². The van der Waals surface area contributed by atoms with Crippen molar-refractivity contribution >= 4 is 17.9 Å². The van der Waals surface area contributed by atoms with Crippen LogP contribution in [0.15, 0.2) is 41.0 Å². The average Bonchev–Trinajstić information content (AvgIpc) is 3.15. The van der Waals surface area contributed by atoms with E-state index in [-0.39, 0.29) is 24.5 Å². The molecule has 0 spiro atoms. The highest BCUT2D eigenvalue weighted by Crippen LogP contribution is 2.30. The number of urea groups is 1. The summed E-state index contributed by atoms with van der Waals surface area (Å²) in [6.45, 7) is 5.38. The molecule has 1 N–H and O–H groups in total. The van der Waals surface area contributed by atoms with E-state index in [1.807, 2.05) is 31.2 Å². The number of benzene rings is 1. The van der Waals surface area contributed by atoms with Crippen LogP contribution in [0.1, 0.15) is 41.1 Å². The molecule has 1 saturated heterocycles. The zero-order valence-corrected chi connectivity index (χ0v) is 14.9. The smallest absolute Gasteiger partial charge is 0.341 e. The maximum atomic E-state index is 12.9. The fourth-order valence-electron chi connectivity index (χ4n) is 2.92. The molecule has 0 aliphatic carbocycles. The number of hydrogen-bond acceptors (Lipinski definition) is 5. The van der Waals surface area contributed by atoms with Crippen LogP contribution in [0, 0.1) is 6.92 Å². The van der Waals surface area contributed by atoms with Crippen LogP contribution in [0.2, 0.25) is 0 Å². The van der Waals surface area contributed by atoms with Crippen LogP contribution in [-0.4, -0.2) is 29.4 Å². The van der Waals surface area contributed by atoms with Gasteiger partial charge in [0.05, 0.1) is 19.4 Å². The van der Waals surface area contributed by atoms with Crippen LogP contribution in [0.25, 0.3) is 0 Å². The second-order valence-corrected chi connectivity index (χ2v) is 6.29. The van der Waals surface area contributed by atoms with E-state index in [0.717, 1.165) is 10.5 Å². The van der Waals surface area contributed by atoms with Crippen molar-refractivity contribution in [2.24, 2.45) is 0 Å². The van der Waals surface area contributed by atoms with Crippen LogP contribution in [0.3, 0.4) is 0 Å². The molecule has 2 aromatic rings. The third-order valence-electron chi connectivity index (χ3n) is 4.45. The SMILES string of the molecule is CCOC(=O)c1ccoc1CN1C(=O)NC(C)(c2ccc(C)cc2)C1=O. The summed E-state index contributed by atoms with van der Waals surface area (Å²) in [5.41, 5.74) is 0.785. The van der Waals surface area contributed by atoms with Gasteiger partial charge in [-0.15, -0.1) is 0 Å². The van der Waals surface area contributed by atoms with Gasteiger partial charge in [0.1, 0.15) is 16.9 Å². The maximum absolute atomic E-state index is 12.9. The Balaban J connectivity index is 1.86. The van der Waals surface area contributed by atoms with E-state index in [0.29, 0.717) is 5.56 Å². The monoisotopic (exact) mass is 356 g/mol. The zero-order valence-electron chi connectivity index (χ0n) is 14.9. The molecule has 1 unspecified atom stereocenters. The summed E-state index contributed by atoms with van der Waals surface area (Å²) in [5.74, 6) is -0.748. The number of aryl methyl sites for hydroxylation is 1. The fourth-order valence-corrected chi connectivity index (χ4v) is 2.92. The Hall–Kier alpha value is -3.09. The molecule has 1 atom stereocenters. The molecule has 0 saturated carbocycles. The van der Waals surface area contributed by atoms with Gasteiger partial charge in [0.25, 0.3) is 5.91 Å². The minimum atomic E-state index is -1.17. The molecule has 1 aromatic heterocycles. The molecule has 7 heteroatoms. The first-order valence-electron chi connectivity index (χ1n) is 8.31. The van der Waals surface area contributed by atoms with Crippen molar-refractivity contribution in [2.75, 3.05) is 6.61 Å². The number of rotatable bonds is 5. The predicted molar refractivity (Wildman–Crippen MR) is 92.3 cm³/mol. The predicted octanol–water partition coefficient (Wildman–Crippen LogP) is 2.73. The van der Waals surface area contributed by atoms with Gasteiger partial charge in [0.2, 0.25) is 0 Å². The first-order chi connectivity index (χ1) is 12.4. The van der Waals surface area contributed by atoms with E-state index >= 15 is 0 Å². The van der Waals surface area contributed by atoms with Crippen molar-refractivity contribution in [3.8, 4) is 0 Å². The van der Waals surface area contributed by atoms with Crippen molar-refractivity contribution in [1.29, 1.82) is 0 Å². The summed E-state index contributed by atoms with van der Waals surface area (Å²) in [5, 5.41) is 2.73. The van der Waals surface area contributed by atoms with Gasteiger partial charge in [-0.2, -0.15) is 0 Å². The van der Waals surface area contributed by atoms with Gasteiger partial charge in [0.15, 0.2) is 0 Å². The lowest BCUT2D eigenvalue weighted by molar-refractivity contribution is -0.131. The Labute approximate surface area is 150 Å². The average molecular weight is 356 g/mol. The minimum absolute atomic E-state index is 0.146. The number of amides is 3. The molecule has 3 amide bonds. The highest BCUT2D eigenvalue weighted by molar-refractivity contribution is 6.07. The van der Waals surface area contributed by atoms with E-state index in [1.165, 1.54) is 12.3 Å². The van der Waals surface area contributed by atoms with Crippen LogP contribution in [0.4, 0.5) is 4.79 Å². The largest absolute Gasteiger partial charge is 0.467 e. The van der Waals surface area contributed by atoms with Gasteiger partial charge in [-0.3, -0.25) is 9.69 Å². The van der Waals surface area contributed by atoms with Crippen LogP contribution in [-0.2, 0) is 21.6 Å². The van der Waals surface area contributed by atoms with E-state index in [4.69, 9.17) is 9.15 Å². The highest BCUT2D eigenvalue weighted by Gasteiger charge is 2.49. The number of hydrogen-bond donors (Lipinski definition) is 1. The third kappa shape index (κ3) is 2.96. The number of nitrogens with zero attached hydrogens (tertiary/aromatic N) is 1. The summed E-state index contributed by atoms with van der Waals surface area (Å²) in [6.07, 6.45) is 1.33. The summed E-state index contributed by atoms with van der Waals surface area (Å²) >= 11 is 0. The summed E-state index contributed by atoms with van der Waals surface area (Å²) in [4.78, 5) is 38.4. The molecule has 1 aromatic carbocycles. The first kappa shape index (κ1) is 17.7. The Kier molecular flexibility index (Phi) is 4.54. The van der Waals surface area contributed by atoms with Crippen LogP contribution in [0.5, 0.6) is 0 Å². The molecule has 26 heavy (non-hydrogen) atoms. The van der Waals surface area contributed by atoms with Gasteiger partial charge >= 0.3 is 12.0 Å². The highest BCUT2D eigenvalue weighted by atomic mass is 16.5. The van der Waals surface area contributed by atoms with Crippen molar-refractivity contribution in [3.63, 3.8) is 0 Å². The second-order valence-electron chi connectivity index (χ2n) is 6.29. The molecule has 0 bridgehead atoms. The Morgan fingerprint density at radius 1 is 1.23 bits per heavy atom. The van der Waals surface area contributed by atoms with Gasteiger partial charge in [0, 0.05) is 0 Å². The number of nitrogens with one attached hydrogen (secondary N) is 1. The lowest BCUT2D eigenvalue weighted by Crippen LogP contribution is -2.40. The van der Waals surface area contributed by atoms with E-state index in [2.05, 4.69) is 5.32 Å². The normalized spacial score (nSPS) is 19.6. The van der Waals surface area contributed by atoms with Gasteiger partial charge in [-0.05, 0) is 32.4 Å². The molecule has 1 aliphatic heterocycles. The van der Waals surface area contributed by atoms with Gasteiger partial charge in [-0.1, -0.05) is 29.8 Å². The first-order valence-corrected chi connectivity index (χ1v) is 8.31. The Morgan fingerprint density at radius 2 is 1.92 bits per heavy atom. The third-order valence-corrected chi connectivity index (χ3v) is 4.45. The molecular weight excluding hydrogens is 336 g/mol. The van der Waals surface area contributed by atoms with E-state index in [1.54, 1.807) is 13.8 Å². The molecule has 1 aliphatic rings. The topological polar surface area (TPSA) is 88.8 Å². The van der Waals surface area contributed by atoms with Crippen molar-refractivity contribution in [1.82, 2.24) is 10.2 Å². The van der Waals surface area contributed by atoms with E-state index < -0.39 is 23.4 Å². The number of furan rings is 1. The lowest BCUT2D eigenvalue weighted by Gasteiger charge is -2.22. The summed E-state index contributed by atoms with van der Waals surface area (Å²) in [6, 6.07) is 8.32. The second kappa shape index (κ2) is 6.67. The standard InChI is InChI=1S/C19H20N2O5/c1-4-25-16(22)14-9-10-26-15(14)11-21-17(23)19(3,20-18(21)24)13-7-5-12(2)6-8-13/h5-10H,4,11H2,1-3H3,(H,20,24). The zero-order chi connectivity index (χ0) is 18.9. The number of carbonyl (C=O) groups is 3. The Morgan fingerprint density at radius 3 is 2.58 bits per heavy atom. The molecule has 2 heterocycles. The number of carbonyl (C=O) groups excluding carboxylic acids is 3. The molecular formula is C19H20N2O5. The molecule has 0 radical (unpaired) electrons. The maximum Gasteiger partial charge on any atom is 0.341 e.